The second kappa shape index (κ2) is 6.96. The van der Waals surface area contributed by atoms with E-state index in [0.29, 0.717) is 6.61 Å². The van der Waals surface area contributed by atoms with E-state index < -0.39 is 8.32 Å². The molecule has 29 aromatic rings. The van der Waals surface area contributed by atoms with E-state index in [9.17, 15) is 5.11 Å². The highest BCUT2D eigenvalue weighted by Gasteiger charge is 2.64. The smallest absolute Gasteiger partial charge is 0.188 e. The zero-order valence-corrected chi connectivity index (χ0v) is 39.9. The maximum Gasteiger partial charge on any atom is 0.188 e. The van der Waals surface area contributed by atoms with Gasteiger partial charge in [-0.2, -0.15) is 0 Å². The third kappa shape index (κ3) is 1.73. The Morgan fingerprint density at radius 2 is 0.514 bits per heavy atom. The molecule has 4 aliphatic rings. The van der Waals surface area contributed by atoms with Crippen molar-refractivity contribution >= 4 is 299 Å². The van der Waals surface area contributed by atoms with Gasteiger partial charge in [0, 0.05) is 11.3 Å². The number of hydrogen-bond acceptors (Lipinski definition) is 2. The Morgan fingerprint density at radius 3 is 0.770 bits per heavy atom. The summed E-state index contributed by atoms with van der Waals surface area (Å²) in [5, 5.41) is 99.5. The summed E-state index contributed by atoms with van der Waals surface area (Å²) in [6.45, 7) is 5.88. The Labute approximate surface area is 407 Å². The third-order valence-corrected chi connectivity index (χ3v) is 28.2. The second-order valence-electron chi connectivity index (χ2n) is 27.4. The van der Waals surface area contributed by atoms with Gasteiger partial charge in [-0.15, -0.1) is 0 Å². The standard InChI is InChI=1S/C71H18O2Si/c1-74(2,73-8-11-5-3-10(7-72)4-6-11)9-71-68-64-58-44-36-28-16-13-12-14-17(16)29-31-27-21(14)23-19-15(12)18-22-20(13)26-30(28)42(44)50-48-34(26)32(22)40-38-24(18)25(19)39-41-33(23)35(27)49-51-43(31)45(37(29)36)59(58)65(68)61(51)63-55(49)53(41)57-47(39)46(38)56-52(40)54(48)62(60(50)64)69(71)66(56)67(57)70(63)71/h3-6,68,72H,7-9H2,1-2H3. The average Bonchev–Trinajstić information content (AvgIpc) is 4.45. The number of rotatable bonds is 6. The van der Waals surface area contributed by atoms with Crippen LogP contribution < -0.4 is 0 Å². The first kappa shape index (κ1) is 29.5. The Bertz CT molecular complexity index is 7240. The minimum Gasteiger partial charge on any atom is -0.413 e. The highest BCUT2D eigenvalue weighted by Crippen LogP contribution is 2.84. The van der Waals surface area contributed by atoms with Crippen LogP contribution in [0.3, 0.4) is 0 Å². The molecule has 0 saturated heterocycles. The molecule has 3 heteroatoms. The summed E-state index contributed by atoms with van der Waals surface area (Å²) in [6, 6.07) is 9.64. The van der Waals surface area contributed by atoms with Gasteiger partial charge in [-0.05, 0) is 343 Å². The zero-order chi connectivity index (χ0) is 44.9. The van der Waals surface area contributed by atoms with Crippen LogP contribution in [0.4, 0.5) is 0 Å². The number of benzene rings is 19. The van der Waals surface area contributed by atoms with Crippen LogP contribution in [0.2, 0.25) is 19.1 Å². The highest BCUT2D eigenvalue weighted by molar-refractivity contribution is 6.82. The van der Waals surface area contributed by atoms with E-state index in [1.165, 1.54) is 5.56 Å². The Kier molecular flexibility index (Phi) is 2.77. The number of hydrogen-bond donors (Lipinski definition) is 1. The average molecular weight is 931 g/mol. The summed E-state index contributed by atoms with van der Waals surface area (Å²) >= 11 is 0. The second-order valence-corrected chi connectivity index (χ2v) is 31.6. The summed E-state index contributed by atoms with van der Waals surface area (Å²) < 4.78 is 7.67. The molecule has 0 bridgehead atoms. The lowest BCUT2D eigenvalue weighted by Crippen LogP contribution is -2.45. The lowest BCUT2D eigenvalue weighted by Gasteiger charge is -2.48. The molecule has 0 atom stereocenters. The molecule has 0 aliphatic heterocycles. The fourth-order valence-corrected chi connectivity index (χ4v) is 27.9. The number of aliphatic hydroxyl groups is 1. The van der Waals surface area contributed by atoms with Crippen molar-refractivity contribution in [3.8, 4) is 0 Å². The van der Waals surface area contributed by atoms with Crippen molar-refractivity contribution in [1.82, 2.24) is 0 Å². The summed E-state index contributed by atoms with van der Waals surface area (Å²) in [5.41, 5.74) is 8.88. The fourth-order valence-electron chi connectivity index (χ4n) is 25.4. The van der Waals surface area contributed by atoms with Gasteiger partial charge in [-0.3, -0.25) is 0 Å². The van der Waals surface area contributed by atoms with Gasteiger partial charge in [0.05, 0.1) is 13.2 Å². The van der Waals surface area contributed by atoms with E-state index in [1.54, 1.807) is 313 Å². The Hall–Kier alpha value is -8.18. The molecule has 74 heavy (non-hydrogen) atoms. The largest absolute Gasteiger partial charge is 0.413 e. The molecule has 0 unspecified atom stereocenters. The van der Waals surface area contributed by atoms with Gasteiger partial charge in [0.25, 0.3) is 0 Å². The van der Waals surface area contributed by atoms with E-state index >= 15 is 0 Å². The SMILES string of the molecule is C[Si](C)(CC12c3c4c5c6c7c8c(c9c%10c1c1c3c3c%11c4c4c5c5c7c7c%12c8c8c9c9c%10c%10c1c1c3c3c%11c%11c4c4c5c7c5c7c%12c8c8c9c9c%10c1c1c3c3c%11c4c5c4c7c8c9c1c34)C62)OCc1ccc(CO)cc1. The summed E-state index contributed by atoms with van der Waals surface area (Å²) in [5.74, 6) is 0.243. The van der Waals surface area contributed by atoms with Crippen LogP contribution in [0.15, 0.2) is 24.3 Å². The van der Waals surface area contributed by atoms with Crippen molar-refractivity contribution in [1.29, 1.82) is 0 Å². The van der Waals surface area contributed by atoms with Crippen LogP contribution in [0.25, 0.3) is 291 Å². The zero-order valence-electron chi connectivity index (χ0n) is 38.9. The van der Waals surface area contributed by atoms with Crippen molar-refractivity contribution in [2.75, 3.05) is 0 Å². The van der Waals surface area contributed by atoms with Crippen LogP contribution in [-0.2, 0) is 23.1 Å². The molecule has 1 N–H and O–H groups in total. The van der Waals surface area contributed by atoms with Gasteiger partial charge >= 0.3 is 0 Å². The van der Waals surface area contributed by atoms with Crippen molar-refractivity contribution in [2.24, 2.45) is 0 Å². The summed E-state index contributed by atoms with van der Waals surface area (Å²) in [4.78, 5) is 0. The monoisotopic (exact) mass is 930 g/mol. The minimum absolute atomic E-state index is 0.0697. The van der Waals surface area contributed by atoms with E-state index in [-0.39, 0.29) is 17.9 Å². The molecular formula is C71H18O2Si. The molecule has 0 amide bonds. The molecule has 0 fully saturated rings. The predicted molar refractivity (Wildman–Crippen MR) is 314 cm³/mol. The van der Waals surface area contributed by atoms with Crippen LogP contribution in [-0.4, -0.2) is 13.4 Å². The molecule has 2 nitrogen and oxygen atoms in total. The molecular weight excluding hydrogens is 913 g/mol. The quantitative estimate of drug-likeness (QED) is 0.133. The molecule has 0 saturated carbocycles. The van der Waals surface area contributed by atoms with Crippen LogP contribution >= 0.6 is 0 Å². The Balaban J connectivity index is 1.03. The number of aliphatic hydroxyl groups excluding tert-OH is 1. The van der Waals surface area contributed by atoms with Gasteiger partial charge in [-0.25, -0.2) is 0 Å². The van der Waals surface area contributed by atoms with Crippen LogP contribution in [0.1, 0.15) is 39.3 Å². The fraction of sp³-hybridized carbons (Fsp3) is 0.0986. The van der Waals surface area contributed by atoms with E-state index in [0.717, 1.165) is 11.6 Å². The maximum atomic E-state index is 10.00. The van der Waals surface area contributed by atoms with Crippen molar-refractivity contribution in [3.63, 3.8) is 0 Å². The van der Waals surface area contributed by atoms with Gasteiger partial charge in [0.2, 0.25) is 0 Å². The molecule has 318 valence electrons. The van der Waals surface area contributed by atoms with Crippen molar-refractivity contribution in [3.05, 3.63) is 57.6 Å². The normalized spacial score (nSPS) is 20.5. The third-order valence-electron chi connectivity index (χ3n) is 25.8. The first-order valence-corrected chi connectivity index (χ1v) is 30.8. The molecule has 4 aliphatic carbocycles. The highest BCUT2D eigenvalue weighted by atomic mass is 28.4. The summed E-state index contributed by atoms with van der Waals surface area (Å²) in [7, 11) is -2.54. The molecule has 0 spiro atoms. The van der Waals surface area contributed by atoms with Gasteiger partial charge in [0.15, 0.2) is 8.32 Å². The summed E-state index contributed by atoms with van der Waals surface area (Å²) in [6.07, 6.45) is 0. The Morgan fingerprint density at radius 1 is 0.311 bits per heavy atom. The molecule has 33 rings (SSSR count). The van der Waals surface area contributed by atoms with E-state index in [4.69, 9.17) is 4.43 Å². The topological polar surface area (TPSA) is 29.5 Å². The molecule has 0 radical (unpaired) electrons. The lowest BCUT2D eigenvalue weighted by atomic mass is 9.58. The van der Waals surface area contributed by atoms with E-state index in [2.05, 4.69) is 37.4 Å². The predicted octanol–water partition coefficient (Wildman–Crippen LogP) is 19.1. The van der Waals surface area contributed by atoms with Crippen LogP contribution in [0.5, 0.6) is 0 Å². The molecule has 29 aromatic carbocycles. The van der Waals surface area contributed by atoms with Gasteiger partial charge in [0.1, 0.15) is 0 Å². The van der Waals surface area contributed by atoms with E-state index in [1.807, 2.05) is 0 Å². The minimum atomic E-state index is -2.54. The van der Waals surface area contributed by atoms with Gasteiger partial charge in [-0.1, -0.05) is 24.3 Å². The van der Waals surface area contributed by atoms with Gasteiger partial charge < -0.3 is 9.53 Å². The molecule has 0 heterocycles. The lowest BCUT2D eigenvalue weighted by molar-refractivity contribution is 0.280. The van der Waals surface area contributed by atoms with Crippen molar-refractivity contribution in [2.45, 2.75) is 43.7 Å². The first-order chi connectivity index (χ1) is 36.6. The van der Waals surface area contributed by atoms with Crippen LogP contribution in [0, 0.1) is 0 Å². The first-order valence-electron chi connectivity index (χ1n) is 27.7. The molecule has 0 aromatic heterocycles. The van der Waals surface area contributed by atoms with Crippen molar-refractivity contribution < 1.29 is 9.53 Å². The maximum absolute atomic E-state index is 10.00.